The number of fused-ring (bicyclic) bond motifs is 2. The summed E-state index contributed by atoms with van der Waals surface area (Å²) in [5.41, 5.74) is 2.20. The zero-order valence-corrected chi connectivity index (χ0v) is 20.5. The summed E-state index contributed by atoms with van der Waals surface area (Å²) in [7, 11) is 1.59. The molecule has 2 aromatic heterocycles. The maximum absolute atomic E-state index is 13.3. The Balaban J connectivity index is 1.50. The first-order valence-corrected chi connectivity index (χ1v) is 12.7. The van der Waals surface area contributed by atoms with Crippen LogP contribution in [0.3, 0.4) is 0 Å². The molecule has 1 amide bonds. The number of benzene rings is 2. The molecule has 6 rings (SSSR count). The first kappa shape index (κ1) is 21.8. The molecule has 4 heterocycles. The molecule has 1 N–H and O–H groups in total. The lowest BCUT2D eigenvalue weighted by atomic mass is 9.98. The molecule has 2 aromatic carbocycles. The third-order valence-corrected chi connectivity index (χ3v) is 8.16. The van der Waals surface area contributed by atoms with Crippen molar-refractivity contribution in [2.45, 2.75) is 25.5 Å². The first-order valence-electron chi connectivity index (χ1n) is 11.0. The van der Waals surface area contributed by atoms with Crippen molar-refractivity contribution in [1.29, 1.82) is 0 Å². The van der Waals surface area contributed by atoms with Gasteiger partial charge in [0.2, 0.25) is 0 Å². The molecule has 1 fully saturated rings. The molecule has 9 heteroatoms. The van der Waals surface area contributed by atoms with E-state index in [0.29, 0.717) is 28.4 Å². The Labute approximate surface area is 208 Å². The molecule has 0 radical (unpaired) electrons. The number of ether oxygens (including phenoxy) is 2. The van der Waals surface area contributed by atoms with E-state index in [2.05, 4.69) is 4.98 Å². The molecule has 35 heavy (non-hydrogen) atoms. The molecule has 2 aliphatic rings. The molecule has 176 valence electrons. The van der Waals surface area contributed by atoms with Gasteiger partial charge in [-0.25, -0.2) is 4.98 Å². The zero-order chi connectivity index (χ0) is 24.3. The number of rotatable bonds is 4. The lowest BCUT2D eigenvalue weighted by molar-refractivity contribution is -0.132. The molecule has 1 saturated heterocycles. The molecule has 7 nitrogen and oxygen atoms in total. The van der Waals surface area contributed by atoms with Gasteiger partial charge >= 0.3 is 5.91 Å². The summed E-state index contributed by atoms with van der Waals surface area (Å²) >= 11 is 2.72. The van der Waals surface area contributed by atoms with Crippen molar-refractivity contribution in [3.05, 3.63) is 75.5 Å². The number of methoxy groups -OCH3 is 1. The number of carbonyl (C=O) groups is 2. The van der Waals surface area contributed by atoms with Gasteiger partial charge in [0.1, 0.15) is 29.4 Å². The lowest BCUT2D eigenvalue weighted by Gasteiger charge is -2.21. The Hall–Kier alpha value is -3.69. The number of ketones is 1. The number of amides is 1. The molecule has 2 atom stereocenters. The van der Waals surface area contributed by atoms with Crippen molar-refractivity contribution in [1.82, 2.24) is 4.98 Å². The molecule has 0 saturated carbocycles. The SMILES string of the molecule is COc1ccc2nc(N3C(=O)C(=O)/C(=C(/O)c4ccc5c(c4)C[C@H](C)O5)[C@H]3c3cccs3)sc2c1. The minimum atomic E-state index is -0.777. The quantitative estimate of drug-likeness (QED) is 0.230. The topological polar surface area (TPSA) is 89.0 Å². The summed E-state index contributed by atoms with van der Waals surface area (Å²) in [5.74, 6) is -0.194. The van der Waals surface area contributed by atoms with Gasteiger partial charge in [-0.2, -0.15) is 0 Å². The monoisotopic (exact) mass is 504 g/mol. The normalized spacial score (nSPS) is 20.9. The Morgan fingerprint density at radius 1 is 1.20 bits per heavy atom. The molecule has 0 aliphatic carbocycles. The second-order valence-corrected chi connectivity index (χ2v) is 10.5. The smallest absolute Gasteiger partial charge is 0.301 e. The van der Waals surface area contributed by atoms with E-state index >= 15 is 0 Å². The fourth-order valence-electron chi connectivity index (χ4n) is 4.59. The highest BCUT2D eigenvalue weighted by molar-refractivity contribution is 7.22. The number of hydrogen-bond donors (Lipinski definition) is 1. The van der Waals surface area contributed by atoms with Crippen molar-refractivity contribution in [2.75, 3.05) is 12.0 Å². The van der Waals surface area contributed by atoms with E-state index < -0.39 is 17.7 Å². The third-order valence-electron chi connectivity index (χ3n) is 6.22. The van der Waals surface area contributed by atoms with E-state index in [1.54, 1.807) is 25.3 Å². The largest absolute Gasteiger partial charge is 0.507 e. The summed E-state index contributed by atoms with van der Waals surface area (Å²) < 4.78 is 11.9. The average Bonchev–Trinajstić information content (AvgIpc) is 3.63. The van der Waals surface area contributed by atoms with Crippen molar-refractivity contribution < 1.29 is 24.2 Å². The van der Waals surface area contributed by atoms with Gasteiger partial charge in [-0.1, -0.05) is 17.4 Å². The van der Waals surface area contributed by atoms with Gasteiger partial charge in [0.15, 0.2) is 5.13 Å². The fourth-order valence-corrected chi connectivity index (χ4v) is 6.44. The van der Waals surface area contributed by atoms with Crippen LogP contribution in [0.25, 0.3) is 16.0 Å². The molecular weight excluding hydrogens is 484 g/mol. The maximum Gasteiger partial charge on any atom is 0.301 e. The second kappa shape index (κ2) is 8.21. The van der Waals surface area contributed by atoms with Crippen LogP contribution in [0.15, 0.2) is 59.5 Å². The van der Waals surface area contributed by atoms with Gasteiger partial charge in [0.25, 0.3) is 5.78 Å². The van der Waals surface area contributed by atoms with Crippen LogP contribution in [-0.2, 0) is 16.0 Å². The van der Waals surface area contributed by atoms with Crippen LogP contribution in [0.2, 0.25) is 0 Å². The zero-order valence-electron chi connectivity index (χ0n) is 18.8. The number of aromatic nitrogens is 1. The molecule has 0 spiro atoms. The van der Waals surface area contributed by atoms with Crippen molar-refractivity contribution in [2.24, 2.45) is 0 Å². The van der Waals surface area contributed by atoms with Gasteiger partial charge < -0.3 is 14.6 Å². The Bertz CT molecular complexity index is 1520. The van der Waals surface area contributed by atoms with Gasteiger partial charge in [0, 0.05) is 16.9 Å². The lowest BCUT2D eigenvalue weighted by Crippen LogP contribution is -2.28. The fraction of sp³-hybridized carbons (Fsp3) is 0.192. The van der Waals surface area contributed by atoms with Crippen LogP contribution in [0.4, 0.5) is 5.13 Å². The highest BCUT2D eigenvalue weighted by atomic mass is 32.1. The molecule has 0 unspecified atom stereocenters. The number of thiophene rings is 1. The van der Waals surface area contributed by atoms with E-state index in [4.69, 9.17) is 9.47 Å². The van der Waals surface area contributed by atoms with E-state index in [1.807, 2.05) is 42.6 Å². The maximum atomic E-state index is 13.3. The minimum absolute atomic E-state index is 0.0526. The Morgan fingerprint density at radius 2 is 2.06 bits per heavy atom. The highest BCUT2D eigenvalue weighted by Gasteiger charge is 2.48. The summed E-state index contributed by atoms with van der Waals surface area (Å²) in [5, 5.41) is 13.6. The molecular formula is C26H20N2O5S2. The number of anilines is 1. The van der Waals surface area contributed by atoms with E-state index in [1.165, 1.54) is 27.6 Å². The van der Waals surface area contributed by atoms with Crippen molar-refractivity contribution in [3.63, 3.8) is 0 Å². The summed E-state index contributed by atoms with van der Waals surface area (Å²) in [6.45, 7) is 1.98. The Kier molecular flexibility index (Phi) is 5.12. The second-order valence-electron chi connectivity index (χ2n) is 8.47. The van der Waals surface area contributed by atoms with Crippen LogP contribution in [0, 0.1) is 0 Å². The highest BCUT2D eigenvalue weighted by Crippen LogP contribution is 2.46. The van der Waals surface area contributed by atoms with Crippen molar-refractivity contribution >= 4 is 55.5 Å². The van der Waals surface area contributed by atoms with Crippen molar-refractivity contribution in [3.8, 4) is 11.5 Å². The van der Waals surface area contributed by atoms with Crippen LogP contribution in [0.5, 0.6) is 11.5 Å². The van der Waals surface area contributed by atoms with Crippen LogP contribution < -0.4 is 14.4 Å². The number of thiazole rings is 1. The average molecular weight is 505 g/mol. The van der Waals surface area contributed by atoms with Gasteiger partial charge in [-0.3, -0.25) is 14.5 Å². The number of Topliss-reactive ketones (excluding diaryl/α,β-unsaturated/α-hetero) is 1. The van der Waals surface area contributed by atoms with E-state index in [-0.39, 0.29) is 17.4 Å². The number of aliphatic hydroxyl groups is 1. The number of hydrogen-bond acceptors (Lipinski definition) is 8. The summed E-state index contributed by atoms with van der Waals surface area (Å²) in [6.07, 6.45) is 0.769. The van der Waals surface area contributed by atoms with Crippen LogP contribution in [-0.4, -0.2) is 35.0 Å². The van der Waals surface area contributed by atoms with Crippen LogP contribution in [0.1, 0.15) is 29.0 Å². The summed E-state index contributed by atoms with van der Waals surface area (Å²) in [6, 6.07) is 13.7. The van der Waals surface area contributed by atoms with E-state index in [0.717, 1.165) is 20.9 Å². The number of aliphatic hydroxyl groups excluding tert-OH is 1. The predicted molar refractivity (Wildman–Crippen MR) is 136 cm³/mol. The molecule has 4 aromatic rings. The van der Waals surface area contributed by atoms with Gasteiger partial charge in [0.05, 0.1) is 22.9 Å². The standard InChI is InChI=1S/C26H20N2O5S2/c1-13-10-15-11-14(5-8-18(15)33-13)23(29)21-22(19-4-3-9-34-19)28(25(31)24(21)30)26-27-17-7-6-16(32-2)12-20(17)35-26/h3-9,11-13,22,29H,10H2,1-2H3/b23-21+/t13-,22+/m0/s1. The number of carbonyl (C=O) groups excluding carboxylic acids is 2. The predicted octanol–water partition coefficient (Wildman–Crippen LogP) is 5.32. The first-order chi connectivity index (χ1) is 16.9. The molecule has 0 bridgehead atoms. The molecule has 2 aliphatic heterocycles. The van der Waals surface area contributed by atoms with E-state index in [9.17, 15) is 14.7 Å². The Morgan fingerprint density at radius 3 is 2.83 bits per heavy atom. The van der Waals surface area contributed by atoms with Gasteiger partial charge in [-0.05, 0) is 60.3 Å². The summed E-state index contributed by atoms with van der Waals surface area (Å²) in [4.78, 5) is 33.5. The van der Waals surface area contributed by atoms with Gasteiger partial charge in [-0.15, -0.1) is 11.3 Å². The van der Waals surface area contributed by atoms with Crippen LogP contribution >= 0.6 is 22.7 Å². The minimum Gasteiger partial charge on any atom is -0.507 e. The third kappa shape index (κ3) is 3.50. The number of nitrogens with zero attached hydrogens (tertiary/aromatic N) is 2.